The van der Waals surface area contributed by atoms with Crippen molar-refractivity contribution < 1.29 is 10.0 Å². The number of oxime groups is 1. The van der Waals surface area contributed by atoms with Gasteiger partial charge < -0.3 is 16.3 Å². The van der Waals surface area contributed by atoms with Gasteiger partial charge in [0.2, 0.25) is 5.91 Å². The number of carbonyl (C=O) groups is 1. The third kappa shape index (κ3) is 1.98. The van der Waals surface area contributed by atoms with Gasteiger partial charge in [-0.2, -0.15) is 0 Å². The summed E-state index contributed by atoms with van der Waals surface area (Å²) < 4.78 is 0. The van der Waals surface area contributed by atoms with E-state index in [1.165, 1.54) is 25.7 Å². The molecule has 3 rings (SSSR count). The Morgan fingerprint density at radius 2 is 2.15 bits per heavy atom. The molecule has 3 saturated carbocycles. The van der Waals surface area contributed by atoms with Crippen LogP contribution in [0.1, 0.15) is 51.9 Å². The van der Waals surface area contributed by atoms with Gasteiger partial charge in [-0.15, -0.1) is 0 Å². The second-order valence-electron chi connectivity index (χ2n) is 7.02. The van der Waals surface area contributed by atoms with E-state index in [0.717, 1.165) is 18.3 Å². The fourth-order valence-corrected chi connectivity index (χ4v) is 4.58. The van der Waals surface area contributed by atoms with Crippen LogP contribution in [-0.2, 0) is 4.79 Å². The molecule has 112 valence electrons. The zero-order valence-corrected chi connectivity index (χ0v) is 12.1. The fourth-order valence-electron chi connectivity index (χ4n) is 4.58. The highest BCUT2D eigenvalue weighted by atomic mass is 16.4. The lowest BCUT2D eigenvalue weighted by Gasteiger charge is -2.40. The molecule has 2 bridgehead atoms. The molecule has 0 aromatic carbocycles. The zero-order valence-electron chi connectivity index (χ0n) is 12.1. The summed E-state index contributed by atoms with van der Waals surface area (Å²) in [5.74, 6) is 2.31. The van der Waals surface area contributed by atoms with Crippen LogP contribution in [0.25, 0.3) is 0 Å². The van der Waals surface area contributed by atoms with Crippen LogP contribution >= 0.6 is 0 Å². The highest BCUT2D eigenvalue weighted by Crippen LogP contribution is 2.50. The number of rotatable bonds is 4. The van der Waals surface area contributed by atoms with Crippen molar-refractivity contribution in [1.29, 1.82) is 0 Å². The molecule has 3 fully saturated rings. The molecule has 4 unspecified atom stereocenters. The van der Waals surface area contributed by atoms with Gasteiger partial charge in [0, 0.05) is 6.04 Å². The van der Waals surface area contributed by atoms with E-state index in [2.05, 4.69) is 17.4 Å². The van der Waals surface area contributed by atoms with Crippen LogP contribution in [0.5, 0.6) is 0 Å². The summed E-state index contributed by atoms with van der Waals surface area (Å²) in [6, 6.07) is 0.196. The standard InChI is InChI=1S/C15H25N3O2/c1-9(12-8-10-3-4-11(12)7-10)17-14(19)15(5-2-6-15)13(16)18-20/h9-12,20H,2-8H2,1H3,(H2,16,18)(H,17,19). The molecule has 0 radical (unpaired) electrons. The Morgan fingerprint density at radius 3 is 2.60 bits per heavy atom. The van der Waals surface area contributed by atoms with Gasteiger partial charge in [-0.25, -0.2) is 0 Å². The summed E-state index contributed by atoms with van der Waals surface area (Å²) in [6.45, 7) is 2.11. The van der Waals surface area contributed by atoms with Crippen LogP contribution in [0, 0.1) is 23.2 Å². The quantitative estimate of drug-likeness (QED) is 0.317. The first kappa shape index (κ1) is 13.7. The highest BCUT2D eigenvalue weighted by Gasteiger charge is 2.50. The Labute approximate surface area is 120 Å². The van der Waals surface area contributed by atoms with Crippen molar-refractivity contribution in [1.82, 2.24) is 5.32 Å². The number of fused-ring (bicyclic) bond motifs is 2. The van der Waals surface area contributed by atoms with Crippen molar-refractivity contribution in [3.63, 3.8) is 0 Å². The molecule has 4 N–H and O–H groups in total. The number of hydrogen-bond donors (Lipinski definition) is 3. The maximum Gasteiger partial charge on any atom is 0.234 e. The minimum absolute atomic E-state index is 0.0469. The Morgan fingerprint density at radius 1 is 1.40 bits per heavy atom. The molecule has 4 atom stereocenters. The van der Waals surface area contributed by atoms with E-state index in [1.54, 1.807) is 0 Å². The summed E-state index contributed by atoms with van der Waals surface area (Å²) in [7, 11) is 0. The van der Waals surface area contributed by atoms with Crippen molar-refractivity contribution >= 4 is 11.7 Å². The molecule has 3 aliphatic rings. The molecular formula is C15H25N3O2. The summed E-state index contributed by atoms with van der Waals surface area (Å²) in [5, 5.41) is 15.1. The molecule has 5 heteroatoms. The Balaban J connectivity index is 1.64. The molecule has 1 amide bonds. The Bertz CT molecular complexity index is 431. The fraction of sp³-hybridized carbons (Fsp3) is 0.867. The van der Waals surface area contributed by atoms with E-state index < -0.39 is 5.41 Å². The van der Waals surface area contributed by atoms with Gasteiger partial charge in [0.1, 0.15) is 5.41 Å². The van der Waals surface area contributed by atoms with E-state index >= 15 is 0 Å². The van der Waals surface area contributed by atoms with Gasteiger partial charge >= 0.3 is 0 Å². The highest BCUT2D eigenvalue weighted by molar-refractivity contribution is 6.07. The third-order valence-electron chi connectivity index (χ3n) is 6.03. The van der Waals surface area contributed by atoms with E-state index in [-0.39, 0.29) is 17.8 Å². The number of nitrogens with one attached hydrogen (secondary N) is 1. The summed E-state index contributed by atoms with van der Waals surface area (Å²) >= 11 is 0. The van der Waals surface area contributed by atoms with Gasteiger partial charge in [0.15, 0.2) is 5.84 Å². The minimum Gasteiger partial charge on any atom is -0.409 e. The number of amides is 1. The molecule has 3 aliphatic carbocycles. The first-order valence-corrected chi connectivity index (χ1v) is 7.86. The maximum absolute atomic E-state index is 12.5. The van der Waals surface area contributed by atoms with E-state index in [1.807, 2.05) is 0 Å². The first-order valence-electron chi connectivity index (χ1n) is 7.86. The second-order valence-corrected chi connectivity index (χ2v) is 7.02. The number of nitrogens with two attached hydrogens (primary N) is 1. The van der Waals surface area contributed by atoms with E-state index in [9.17, 15) is 4.79 Å². The van der Waals surface area contributed by atoms with Crippen molar-refractivity contribution in [2.24, 2.45) is 34.1 Å². The third-order valence-corrected chi connectivity index (χ3v) is 6.03. The molecule has 0 saturated heterocycles. The van der Waals surface area contributed by atoms with E-state index in [4.69, 9.17) is 10.9 Å². The van der Waals surface area contributed by atoms with E-state index in [0.29, 0.717) is 18.8 Å². The smallest absolute Gasteiger partial charge is 0.234 e. The summed E-state index contributed by atoms with van der Waals surface area (Å²) in [5.41, 5.74) is 4.99. The number of nitrogens with zero attached hydrogens (tertiary/aromatic N) is 1. The van der Waals surface area contributed by atoms with Crippen LogP contribution in [-0.4, -0.2) is 23.0 Å². The average Bonchev–Trinajstić information content (AvgIpc) is 2.99. The lowest BCUT2D eigenvalue weighted by Crippen LogP contribution is -2.56. The van der Waals surface area contributed by atoms with Gasteiger partial charge in [0.25, 0.3) is 0 Å². The molecule has 5 nitrogen and oxygen atoms in total. The predicted molar refractivity (Wildman–Crippen MR) is 76.2 cm³/mol. The van der Waals surface area contributed by atoms with Gasteiger partial charge in [-0.05, 0) is 56.8 Å². The van der Waals surface area contributed by atoms with Crippen molar-refractivity contribution in [2.75, 3.05) is 0 Å². The van der Waals surface area contributed by atoms with Gasteiger partial charge in [-0.3, -0.25) is 4.79 Å². The number of carbonyl (C=O) groups excluding carboxylic acids is 1. The first-order chi connectivity index (χ1) is 9.56. The monoisotopic (exact) mass is 279 g/mol. The minimum atomic E-state index is -0.749. The number of amidine groups is 1. The van der Waals surface area contributed by atoms with Crippen molar-refractivity contribution in [2.45, 2.75) is 57.9 Å². The van der Waals surface area contributed by atoms with Gasteiger partial charge in [-0.1, -0.05) is 18.0 Å². The van der Waals surface area contributed by atoms with Crippen LogP contribution in [0.2, 0.25) is 0 Å². The van der Waals surface area contributed by atoms with Crippen molar-refractivity contribution in [3.8, 4) is 0 Å². The molecule has 0 spiro atoms. The van der Waals surface area contributed by atoms with Crippen molar-refractivity contribution in [3.05, 3.63) is 0 Å². The molecule has 0 aromatic heterocycles. The molecule has 20 heavy (non-hydrogen) atoms. The van der Waals surface area contributed by atoms with Crippen LogP contribution in [0.4, 0.5) is 0 Å². The van der Waals surface area contributed by atoms with Crippen LogP contribution in [0.3, 0.4) is 0 Å². The summed E-state index contributed by atoms with van der Waals surface area (Å²) in [4.78, 5) is 12.5. The molecular weight excluding hydrogens is 254 g/mol. The lowest BCUT2D eigenvalue weighted by molar-refractivity contribution is -0.132. The normalized spacial score (nSPS) is 36.5. The lowest BCUT2D eigenvalue weighted by atomic mass is 9.67. The number of hydrogen-bond acceptors (Lipinski definition) is 3. The molecule has 0 aliphatic heterocycles. The molecule has 0 aromatic rings. The largest absolute Gasteiger partial charge is 0.409 e. The zero-order chi connectivity index (χ0) is 14.3. The predicted octanol–water partition coefficient (Wildman–Crippen LogP) is 1.84. The Hall–Kier alpha value is -1.26. The van der Waals surface area contributed by atoms with Crippen LogP contribution in [0.15, 0.2) is 5.16 Å². The van der Waals surface area contributed by atoms with Gasteiger partial charge in [0.05, 0.1) is 0 Å². The SMILES string of the molecule is CC(NC(=O)C1(C(N)=NO)CCC1)C1CC2CCC1C2. The topological polar surface area (TPSA) is 87.7 Å². The second kappa shape index (κ2) is 4.93. The average molecular weight is 279 g/mol. The Kier molecular flexibility index (Phi) is 3.38. The summed E-state index contributed by atoms with van der Waals surface area (Å²) in [6.07, 6.45) is 7.64. The molecule has 0 heterocycles. The maximum atomic E-state index is 12.5. The van der Waals surface area contributed by atoms with Crippen LogP contribution < -0.4 is 11.1 Å².